The van der Waals surface area contributed by atoms with Gasteiger partial charge in [-0.2, -0.15) is 0 Å². The number of carboxylic acid groups (broad SMARTS) is 1. The average molecular weight is 402 g/mol. The maximum absolute atomic E-state index is 12.1. The molecule has 0 fully saturated rings. The van der Waals surface area contributed by atoms with Crippen LogP contribution in [0.3, 0.4) is 0 Å². The molecule has 0 radical (unpaired) electrons. The maximum atomic E-state index is 12.1. The molecule has 0 aliphatic carbocycles. The molecule has 0 aromatic carbocycles. The van der Waals surface area contributed by atoms with E-state index in [-0.39, 0.29) is 0 Å². The number of primary amides is 1. The monoisotopic (exact) mass is 402 g/mol. The van der Waals surface area contributed by atoms with Gasteiger partial charge in [0.2, 0.25) is 23.6 Å². The normalized spacial score (nSPS) is 14.9. The van der Waals surface area contributed by atoms with Gasteiger partial charge in [0, 0.05) is 0 Å². The van der Waals surface area contributed by atoms with Crippen LogP contribution in [0.1, 0.15) is 39.5 Å². The lowest BCUT2D eigenvalue weighted by atomic mass is 10.1. The number of nitrogens with one attached hydrogen (secondary N) is 3. The van der Waals surface area contributed by atoms with E-state index in [9.17, 15) is 24.0 Å². The van der Waals surface area contributed by atoms with Gasteiger partial charge in [0.05, 0.1) is 12.5 Å². The molecule has 0 rings (SSSR count). The van der Waals surface area contributed by atoms with Crippen molar-refractivity contribution in [1.82, 2.24) is 16.0 Å². The van der Waals surface area contributed by atoms with Gasteiger partial charge in [-0.15, -0.1) is 0 Å². The zero-order valence-electron chi connectivity index (χ0n) is 16.1. The largest absolute Gasteiger partial charge is 0.480 e. The smallest absolute Gasteiger partial charge is 0.326 e. The molecule has 0 saturated carbocycles. The van der Waals surface area contributed by atoms with E-state index in [1.807, 2.05) is 0 Å². The summed E-state index contributed by atoms with van der Waals surface area (Å²) in [6, 6.07) is -4.37. The number of amides is 4. The Morgan fingerprint density at radius 3 is 1.86 bits per heavy atom. The molecular formula is C16H30N6O6. The highest BCUT2D eigenvalue weighted by Gasteiger charge is 2.27. The first kappa shape index (κ1) is 25.3. The van der Waals surface area contributed by atoms with Gasteiger partial charge in [-0.3, -0.25) is 19.2 Å². The Bertz CT molecular complexity index is 584. The standard InChI is InChI=1S/C16H30N6O6/c1-8(21-15(26)10(18)5-3-4-6-17)13(24)20-9(2)14(25)22-11(16(27)28)7-12(19)23/h8-11H,3-7,17-18H2,1-2H3,(H2,19,23)(H,20,24)(H,21,26)(H,22,25)(H,27,28)/t8-,9-,10-,11-/m0/s1. The van der Waals surface area contributed by atoms with Crippen molar-refractivity contribution in [3.8, 4) is 0 Å². The van der Waals surface area contributed by atoms with Crippen LogP contribution in [0.2, 0.25) is 0 Å². The molecule has 12 heteroatoms. The summed E-state index contributed by atoms with van der Waals surface area (Å²) in [7, 11) is 0. The molecule has 0 spiro atoms. The molecule has 28 heavy (non-hydrogen) atoms. The van der Waals surface area contributed by atoms with Crippen LogP contribution < -0.4 is 33.2 Å². The number of nitrogens with two attached hydrogens (primary N) is 3. The van der Waals surface area contributed by atoms with Gasteiger partial charge >= 0.3 is 5.97 Å². The van der Waals surface area contributed by atoms with Crippen LogP contribution in [-0.4, -0.2) is 65.4 Å². The molecule has 160 valence electrons. The highest BCUT2D eigenvalue weighted by atomic mass is 16.4. The molecule has 0 aliphatic heterocycles. The predicted molar refractivity (Wildman–Crippen MR) is 99.5 cm³/mol. The van der Waals surface area contributed by atoms with Gasteiger partial charge in [0.1, 0.15) is 18.1 Å². The Labute approximate surface area is 162 Å². The number of carboxylic acids is 1. The van der Waals surface area contributed by atoms with Crippen LogP contribution in [0, 0.1) is 0 Å². The number of hydrogen-bond acceptors (Lipinski definition) is 7. The summed E-state index contributed by atoms with van der Waals surface area (Å²) in [6.07, 6.45) is 1.25. The fourth-order valence-electron chi connectivity index (χ4n) is 2.13. The summed E-state index contributed by atoms with van der Waals surface area (Å²) in [4.78, 5) is 58.0. The molecule has 0 bridgehead atoms. The van der Waals surface area contributed by atoms with Crippen LogP contribution in [-0.2, 0) is 24.0 Å². The molecule has 0 aromatic heterocycles. The minimum Gasteiger partial charge on any atom is -0.480 e. The zero-order chi connectivity index (χ0) is 21.9. The van der Waals surface area contributed by atoms with Crippen LogP contribution >= 0.6 is 0 Å². The highest BCUT2D eigenvalue weighted by Crippen LogP contribution is 1.99. The second-order valence-corrected chi connectivity index (χ2v) is 6.42. The molecule has 0 heterocycles. The van der Waals surface area contributed by atoms with Gasteiger partial charge < -0.3 is 38.3 Å². The SMILES string of the molecule is C[C@H](NC(=O)[C@H](C)NC(=O)[C@@H](N)CCCCN)C(=O)N[C@@H](CC(N)=O)C(=O)O. The summed E-state index contributed by atoms with van der Waals surface area (Å²) in [6.45, 7) is 3.23. The summed E-state index contributed by atoms with van der Waals surface area (Å²) >= 11 is 0. The van der Waals surface area contributed by atoms with Gasteiger partial charge in [0.15, 0.2) is 0 Å². The molecule has 4 atom stereocenters. The first-order chi connectivity index (χ1) is 13.0. The summed E-state index contributed by atoms with van der Waals surface area (Å²) in [5.74, 6) is -4.33. The van der Waals surface area contributed by atoms with E-state index in [1.54, 1.807) is 0 Å². The van der Waals surface area contributed by atoms with Crippen molar-refractivity contribution in [2.24, 2.45) is 17.2 Å². The van der Waals surface area contributed by atoms with Crippen LogP contribution in [0.4, 0.5) is 0 Å². The molecule has 0 saturated heterocycles. The molecule has 0 aliphatic rings. The topological polar surface area (TPSA) is 220 Å². The van der Waals surface area contributed by atoms with Crippen molar-refractivity contribution in [3.63, 3.8) is 0 Å². The lowest BCUT2D eigenvalue weighted by Gasteiger charge is -2.21. The van der Waals surface area contributed by atoms with Crippen LogP contribution in [0.25, 0.3) is 0 Å². The van der Waals surface area contributed by atoms with Crippen LogP contribution in [0.15, 0.2) is 0 Å². The average Bonchev–Trinajstić information content (AvgIpc) is 2.60. The highest BCUT2D eigenvalue weighted by molar-refractivity contribution is 5.94. The van der Waals surface area contributed by atoms with Crippen molar-refractivity contribution >= 4 is 29.6 Å². The van der Waals surface area contributed by atoms with E-state index >= 15 is 0 Å². The van der Waals surface area contributed by atoms with E-state index in [0.717, 1.165) is 6.42 Å². The lowest BCUT2D eigenvalue weighted by Crippen LogP contribution is -2.55. The molecule has 10 N–H and O–H groups in total. The van der Waals surface area contributed by atoms with Crippen LogP contribution in [0.5, 0.6) is 0 Å². The van der Waals surface area contributed by atoms with Gasteiger partial charge in [-0.25, -0.2) is 4.79 Å². The summed E-state index contributed by atoms with van der Waals surface area (Å²) in [5.41, 5.74) is 16.0. The van der Waals surface area contributed by atoms with Gasteiger partial charge in [-0.1, -0.05) is 6.42 Å². The second kappa shape index (κ2) is 12.6. The molecule has 0 unspecified atom stereocenters. The third-order valence-corrected chi connectivity index (χ3v) is 3.83. The summed E-state index contributed by atoms with van der Waals surface area (Å²) < 4.78 is 0. The Balaban J connectivity index is 4.57. The Morgan fingerprint density at radius 2 is 1.39 bits per heavy atom. The number of hydrogen-bond donors (Lipinski definition) is 7. The molecule has 12 nitrogen and oxygen atoms in total. The lowest BCUT2D eigenvalue weighted by molar-refractivity contribution is -0.143. The van der Waals surface area contributed by atoms with Gasteiger partial charge in [0.25, 0.3) is 0 Å². The van der Waals surface area contributed by atoms with E-state index in [2.05, 4.69) is 16.0 Å². The molecular weight excluding hydrogens is 372 g/mol. The fraction of sp³-hybridized carbons (Fsp3) is 0.688. The molecule has 0 aromatic rings. The second-order valence-electron chi connectivity index (χ2n) is 6.42. The van der Waals surface area contributed by atoms with E-state index in [1.165, 1.54) is 13.8 Å². The minimum absolute atomic E-state index is 0.423. The number of aliphatic carboxylic acids is 1. The third kappa shape index (κ3) is 9.83. The Hall–Kier alpha value is -2.73. The quantitative estimate of drug-likeness (QED) is 0.156. The minimum atomic E-state index is -1.51. The zero-order valence-corrected chi connectivity index (χ0v) is 16.1. The first-order valence-corrected chi connectivity index (χ1v) is 8.87. The number of rotatable bonds is 13. The summed E-state index contributed by atoms with van der Waals surface area (Å²) in [5, 5.41) is 15.9. The van der Waals surface area contributed by atoms with Crippen molar-refractivity contribution in [2.75, 3.05) is 6.54 Å². The van der Waals surface area contributed by atoms with Gasteiger partial charge in [-0.05, 0) is 33.2 Å². The number of carbonyl (C=O) groups is 5. The van der Waals surface area contributed by atoms with Crippen molar-refractivity contribution in [3.05, 3.63) is 0 Å². The fourth-order valence-corrected chi connectivity index (χ4v) is 2.13. The van der Waals surface area contributed by atoms with Crippen molar-refractivity contribution in [1.29, 1.82) is 0 Å². The first-order valence-electron chi connectivity index (χ1n) is 8.87. The number of carbonyl (C=O) groups excluding carboxylic acids is 4. The van der Waals surface area contributed by atoms with E-state index < -0.39 is 60.2 Å². The third-order valence-electron chi connectivity index (χ3n) is 3.83. The predicted octanol–water partition coefficient (Wildman–Crippen LogP) is -3.10. The maximum Gasteiger partial charge on any atom is 0.326 e. The Kier molecular flexibility index (Phi) is 11.4. The Morgan fingerprint density at radius 1 is 0.893 bits per heavy atom. The van der Waals surface area contributed by atoms with E-state index in [0.29, 0.717) is 19.4 Å². The van der Waals surface area contributed by atoms with Crippen molar-refractivity contribution < 1.29 is 29.1 Å². The van der Waals surface area contributed by atoms with Crippen molar-refractivity contribution in [2.45, 2.75) is 63.7 Å². The molecule has 4 amide bonds. The van der Waals surface area contributed by atoms with E-state index in [4.69, 9.17) is 22.3 Å². The number of unbranched alkanes of at least 4 members (excludes halogenated alkanes) is 1.